The first-order valence-corrected chi connectivity index (χ1v) is 10.9. The molecule has 1 fully saturated rings. The van der Waals surface area contributed by atoms with Gasteiger partial charge < -0.3 is 14.5 Å². The molecule has 1 aliphatic heterocycles. The van der Waals surface area contributed by atoms with Crippen LogP contribution in [0.3, 0.4) is 0 Å². The average molecular weight is 419 g/mol. The molecular formula is C25H30N4O2. The molecule has 0 aliphatic carbocycles. The van der Waals surface area contributed by atoms with Gasteiger partial charge in [0.25, 0.3) is 5.91 Å². The molecule has 2 heterocycles. The predicted molar refractivity (Wildman–Crippen MR) is 121 cm³/mol. The first-order valence-electron chi connectivity index (χ1n) is 10.9. The lowest BCUT2D eigenvalue weighted by atomic mass is 10.1. The fraction of sp³-hybridized carbons (Fsp3) is 0.360. The minimum Gasteiger partial charge on any atom is -0.367 e. The number of likely N-dealkylation sites (tertiary alicyclic amines) is 1. The Kier molecular flexibility index (Phi) is 7.12. The highest BCUT2D eigenvalue weighted by molar-refractivity contribution is 5.82. The zero-order valence-electron chi connectivity index (χ0n) is 18.1. The molecule has 3 aromatic rings. The van der Waals surface area contributed by atoms with E-state index in [4.69, 9.17) is 4.74 Å². The van der Waals surface area contributed by atoms with Crippen molar-refractivity contribution in [1.82, 2.24) is 19.6 Å². The van der Waals surface area contributed by atoms with Crippen LogP contribution >= 0.6 is 0 Å². The van der Waals surface area contributed by atoms with E-state index in [1.165, 1.54) is 12.8 Å². The Labute approximate surface area is 184 Å². The lowest BCUT2D eigenvalue weighted by molar-refractivity contribution is -0.143. The number of para-hydroxylation sites is 1. The Morgan fingerprint density at radius 1 is 1.03 bits per heavy atom. The second kappa shape index (κ2) is 10.4. The van der Waals surface area contributed by atoms with E-state index in [-0.39, 0.29) is 5.91 Å². The summed E-state index contributed by atoms with van der Waals surface area (Å²) in [6.07, 6.45) is 3.64. The molecule has 6 heteroatoms. The number of benzene rings is 2. The fourth-order valence-electron chi connectivity index (χ4n) is 4.16. The molecule has 1 atom stereocenters. The van der Waals surface area contributed by atoms with Gasteiger partial charge in [0.2, 0.25) is 0 Å². The molecule has 162 valence electrons. The summed E-state index contributed by atoms with van der Waals surface area (Å²) in [5, 5.41) is 4.50. The van der Waals surface area contributed by atoms with Gasteiger partial charge in [0.05, 0.1) is 17.9 Å². The topological polar surface area (TPSA) is 50.6 Å². The summed E-state index contributed by atoms with van der Waals surface area (Å²) in [5.41, 5.74) is 2.84. The molecule has 31 heavy (non-hydrogen) atoms. The molecule has 0 spiro atoms. The van der Waals surface area contributed by atoms with Crippen LogP contribution in [0.2, 0.25) is 0 Å². The predicted octanol–water partition coefficient (Wildman–Crippen LogP) is 3.68. The number of hydrogen-bond acceptors (Lipinski definition) is 4. The number of rotatable bonds is 9. The van der Waals surface area contributed by atoms with Crippen LogP contribution < -0.4 is 0 Å². The van der Waals surface area contributed by atoms with Crippen LogP contribution in [0.1, 0.15) is 30.2 Å². The largest absolute Gasteiger partial charge is 0.367 e. The maximum atomic E-state index is 13.6. The Bertz CT molecular complexity index is 952. The number of aromatic nitrogens is 2. The van der Waals surface area contributed by atoms with Gasteiger partial charge in [-0.15, -0.1) is 0 Å². The molecule has 2 aromatic carbocycles. The van der Waals surface area contributed by atoms with Crippen LogP contribution in [0.25, 0.3) is 5.69 Å². The molecule has 1 aromatic heterocycles. The molecule has 1 unspecified atom stereocenters. The highest BCUT2D eigenvalue weighted by atomic mass is 16.5. The maximum absolute atomic E-state index is 13.6. The summed E-state index contributed by atoms with van der Waals surface area (Å²) in [4.78, 5) is 17.9. The number of methoxy groups -OCH3 is 1. The van der Waals surface area contributed by atoms with Crippen molar-refractivity contribution in [2.24, 2.45) is 0 Å². The van der Waals surface area contributed by atoms with E-state index in [9.17, 15) is 4.79 Å². The van der Waals surface area contributed by atoms with Crippen molar-refractivity contribution in [3.05, 3.63) is 84.2 Å². The molecule has 0 saturated carbocycles. The lowest BCUT2D eigenvalue weighted by Gasteiger charge is -2.29. The monoisotopic (exact) mass is 418 g/mol. The third-order valence-electron chi connectivity index (χ3n) is 5.83. The summed E-state index contributed by atoms with van der Waals surface area (Å²) in [7, 11) is 1.60. The molecule has 6 nitrogen and oxygen atoms in total. The Balaban J connectivity index is 1.57. The number of amides is 1. The smallest absolute Gasteiger partial charge is 0.256 e. The van der Waals surface area contributed by atoms with Gasteiger partial charge in [-0.3, -0.25) is 4.79 Å². The Morgan fingerprint density at radius 2 is 1.71 bits per heavy atom. The molecule has 0 radical (unpaired) electrons. The van der Waals surface area contributed by atoms with Crippen molar-refractivity contribution < 1.29 is 9.53 Å². The molecule has 1 amide bonds. The standard InChI is InChI=1S/C25H30N4O2/c1-31-24(21-10-4-2-5-11-21)25(30)28(19-18-27-16-8-9-17-27)20-23-14-15-26-29(23)22-12-6-3-7-13-22/h2-7,10-15,24H,8-9,16-20H2,1H3. The number of nitrogens with zero attached hydrogens (tertiary/aromatic N) is 4. The number of hydrogen-bond donors (Lipinski definition) is 0. The lowest BCUT2D eigenvalue weighted by Crippen LogP contribution is -2.40. The van der Waals surface area contributed by atoms with Crippen LogP contribution in [-0.2, 0) is 16.1 Å². The fourth-order valence-corrected chi connectivity index (χ4v) is 4.16. The first-order chi connectivity index (χ1) is 15.3. The van der Waals surface area contributed by atoms with Gasteiger partial charge in [0.15, 0.2) is 6.10 Å². The Hall–Kier alpha value is -2.96. The quantitative estimate of drug-likeness (QED) is 0.532. The van der Waals surface area contributed by atoms with Gasteiger partial charge in [-0.1, -0.05) is 48.5 Å². The van der Waals surface area contributed by atoms with Gasteiger partial charge in [0, 0.05) is 26.4 Å². The normalized spacial score (nSPS) is 15.1. The third kappa shape index (κ3) is 5.21. The summed E-state index contributed by atoms with van der Waals surface area (Å²) in [6, 6.07) is 21.7. The van der Waals surface area contributed by atoms with E-state index >= 15 is 0 Å². The third-order valence-corrected chi connectivity index (χ3v) is 5.83. The van der Waals surface area contributed by atoms with E-state index in [0.717, 1.165) is 36.6 Å². The second-order valence-corrected chi connectivity index (χ2v) is 7.90. The molecule has 0 N–H and O–H groups in total. The zero-order valence-corrected chi connectivity index (χ0v) is 18.1. The molecule has 4 rings (SSSR count). The van der Waals surface area contributed by atoms with Crippen molar-refractivity contribution in [2.75, 3.05) is 33.3 Å². The minimum atomic E-state index is -0.618. The van der Waals surface area contributed by atoms with Crippen molar-refractivity contribution in [3.8, 4) is 5.69 Å². The van der Waals surface area contributed by atoms with E-state index in [2.05, 4.69) is 10.00 Å². The van der Waals surface area contributed by atoms with E-state index < -0.39 is 6.10 Å². The van der Waals surface area contributed by atoms with Crippen LogP contribution in [0.5, 0.6) is 0 Å². The van der Waals surface area contributed by atoms with Crippen LogP contribution in [0.4, 0.5) is 0 Å². The summed E-state index contributed by atoms with van der Waals surface area (Å²) >= 11 is 0. The van der Waals surface area contributed by atoms with Crippen LogP contribution in [0, 0.1) is 0 Å². The van der Waals surface area contributed by atoms with Crippen molar-refractivity contribution >= 4 is 5.91 Å². The number of carbonyl (C=O) groups excluding carboxylic acids is 1. The Morgan fingerprint density at radius 3 is 2.39 bits per heavy atom. The highest BCUT2D eigenvalue weighted by Gasteiger charge is 2.27. The van der Waals surface area contributed by atoms with E-state index in [0.29, 0.717) is 13.1 Å². The van der Waals surface area contributed by atoms with Crippen molar-refractivity contribution in [3.63, 3.8) is 0 Å². The average Bonchev–Trinajstić information content (AvgIpc) is 3.50. The van der Waals surface area contributed by atoms with Gasteiger partial charge in [-0.2, -0.15) is 5.10 Å². The maximum Gasteiger partial charge on any atom is 0.256 e. The van der Waals surface area contributed by atoms with Gasteiger partial charge >= 0.3 is 0 Å². The van der Waals surface area contributed by atoms with Gasteiger partial charge in [0.1, 0.15) is 0 Å². The van der Waals surface area contributed by atoms with E-state index in [1.807, 2.05) is 76.3 Å². The van der Waals surface area contributed by atoms with Crippen molar-refractivity contribution in [1.29, 1.82) is 0 Å². The second-order valence-electron chi connectivity index (χ2n) is 7.90. The summed E-state index contributed by atoms with van der Waals surface area (Å²) < 4.78 is 7.56. The first kappa shape index (κ1) is 21.3. The summed E-state index contributed by atoms with van der Waals surface area (Å²) in [6.45, 7) is 4.23. The van der Waals surface area contributed by atoms with E-state index in [1.54, 1.807) is 13.3 Å². The summed E-state index contributed by atoms with van der Waals surface area (Å²) in [5.74, 6) is -0.0197. The van der Waals surface area contributed by atoms with Crippen LogP contribution in [0.15, 0.2) is 72.9 Å². The zero-order chi connectivity index (χ0) is 21.5. The molecule has 1 saturated heterocycles. The highest BCUT2D eigenvalue weighted by Crippen LogP contribution is 2.22. The van der Waals surface area contributed by atoms with Gasteiger partial charge in [-0.05, 0) is 49.7 Å². The molecule has 0 bridgehead atoms. The SMILES string of the molecule is COC(C(=O)N(CCN1CCCC1)Cc1ccnn1-c1ccccc1)c1ccccc1. The number of carbonyl (C=O) groups is 1. The number of ether oxygens (including phenoxy) is 1. The van der Waals surface area contributed by atoms with Gasteiger partial charge in [-0.25, -0.2) is 4.68 Å². The molecule has 1 aliphatic rings. The van der Waals surface area contributed by atoms with Crippen molar-refractivity contribution in [2.45, 2.75) is 25.5 Å². The van der Waals surface area contributed by atoms with Crippen LogP contribution in [-0.4, -0.2) is 58.8 Å². The minimum absolute atomic E-state index is 0.0197. The molecular weight excluding hydrogens is 388 g/mol.